The molecule has 0 unspecified atom stereocenters. The fraction of sp³-hybridized carbons (Fsp3) is 0. The van der Waals surface area contributed by atoms with Gasteiger partial charge in [-0.05, 0) is 0 Å². The van der Waals surface area contributed by atoms with Gasteiger partial charge in [0.25, 0.3) is 0 Å². The monoisotopic (exact) mass is 272 g/mol. The second kappa shape index (κ2) is 15.7. The standard InChI is InChI=1S/Al.Ba.Ca.2H3Si.5H/h;;;2*1H3;;;;;. The van der Waals surface area contributed by atoms with E-state index in [9.17, 15) is 0 Å². The van der Waals surface area contributed by atoms with Crippen molar-refractivity contribution in [3.8, 4) is 0 Å². The summed E-state index contributed by atoms with van der Waals surface area (Å²) >= 11 is 0.194. The van der Waals surface area contributed by atoms with E-state index in [-0.39, 0.29) is 96.8 Å². The SMILES string of the molecule is [AlH3].[CaH2].[SiH3][Ba][SiH3]. The van der Waals surface area contributed by atoms with Gasteiger partial charge >= 0.3 is 86.2 Å². The molecule has 0 aromatic carbocycles. The Morgan fingerprint density at radius 1 is 1.20 bits per heavy atom. The molecule has 0 atom stereocenters. The van der Waals surface area contributed by atoms with Crippen molar-refractivity contribution in [1.82, 2.24) is 0 Å². The Morgan fingerprint density at radius 2 is 1.20 bits per heavy atom. The van der Waals surface area contributed by atoms with Gasteiger partial charge in [-0.15, -0.1) is 0 Å². The number of hydrogen-bond acceptors (Lipinski definition) is 0. The quantitative estimate of drug-likeness (QED) is 0.388. The summed E-state index contributed by atoms with van der Waals surface area (Å²) in [5, 5.41) is 0. The molecule has 0 saturated carbocycles. The Bertz CT molecular complexity index is 9.61. The van der Waals surface area contributed by atoms with Gasteiger partial charge in [0, 0.05) is 0 Å². The summed E-state index contributed by atoms with van der Waals surface area (Å²) in [7, 11) is 0. The average molecular weight is 272 g/mol. The zero-order valence-corrected chi connectivity index (χ0v) is 11.1. The Hall–Kier alpha value is 3.80. The van der Waals surface area contributed by atoms with Crippen LogP contribution in [-0.4, -0.2) is 104 Å². The van der Waals surface area contributed by atoms with Gasteiger partial charge in [-0.1, -0.05) is 0 Å². The van der Waals surface area contributed by atoms with Gasteiger partial charge in [0.05, 0.1) is 0 Å². The van der Waals surface area contributed by atoms with Crippen LogP contribution in [0.1, 0.15) is 0 Å². The summed E-state index contributed by atoms with van der Waals surface area (Å²) < 4.78 is 3.31. The molecule has 0 radical (unpaired) electrons. The van der Waals surface area contributed by atoms with Crippen molar-refractivity contribution >= 4 is 104 Å². The Labute approximate surface area is 100 Å². The maximum atomic E-state index is 1.65. The van der Waals surface area contributed by atoms with Crippen LogP contribution in [-0.2, 0) is 0 Å². The molecule has 0 amide bonds. The van der Waals surface area contributed by atoms with Gasteiger partial charge in [0.1, 0.15) is 0 Å². The molecular formula is H11AlBaCaSi2. The molecule has 5 heteroatoms. The first kappa shape index (κ1) is 15.9. The van der Waals surface area contributed by atoms with E-state index in [1.165, 1.54) is 0 Å². The van der Waals surface area contributed by atoms with E-state index in [4.69, 9.17) is 0 Å². The third kappa shape index (κ3) is 18.2. The van der Waals surface area contributed by atoms with Crippen molar-refractivity contribution in [2.75, 3.05) is 0 Å². The second-order valence-corrected chi connectivity index (χ2v) is 46.3. The zero-order chi connectivity index (χ0) is 2.71. The van der Waals surface area contributed by atoms with Gasteiger partial charge in [0.2, 0.25) is 0 Å². The minimum atomic E-state index is 0. The summed E-state index contributed by atoms with van der Waals surface area (Å²) in [6, 6.07) is 0. The van der Waals surface area contributed by atoms with E-state index < -0.39 is 0 Å². The number of rotatable bonds is 0. The van der Waals surface area contributed by atoms with E-state index in [0.717, 1.165) is 0 Å². The van der Waals surface area contributed by atoms with Gasteiger partial charge in [-0.3, -0.25) is 0 Å². The van der Waals surface area contributed by atoms with Crippen LogP contribution in [0.2, 0.25) is 0 Å². The average Bonchev–Trinajstić information content (AvgIpc) is 0.918. The van der Waals surface area contributed by atoms with E-state index in [1.54, 1.807) is 6.76 Å². The summed E-state index contributed by atoms with van der Waals surface area (Å²) in [6.07, 6.45) is 0. The van der Waals surface area contributed by atoms with Crippen molar-refractivity contribution < 1.29 is 0 Å². The first-order valence-electron chi connectivity index (χ1n) is 1.41. The normalized spacial score (nSPS) is 3.20. The molecule has 0 aromatic rings. The molecule has 0 aliphatic carbocycles. The molecule has 5 heavy (non-hydrogen) atoms. The van der Waals surface area contributed by atoms with Crippen molar-refractivity contribution in [3.63, 3.8) is 0 Å². The molecule has 0 aromatic heterocycles. The zero-order valence-electron chi connectivity index (χ0n) is 2.71. The van der Waals surface area contributed by atoms with Crippen LogP contribution in [0.3, 0.4) is 0 Å². The second-order valence-electron chi connectivity index (χ2n) is 0.707. The maximum absolute atomic E-state index is 1.65. The van der Waals surface area contributed by atoms with Crippen molar-refractivity contribution in [3.05, 3.63) is 0 Å². The van der Waals surface area contributed by atoms with Gasteiger partial charge < -0.3 is 0 Å². The molecule has 0 spiro atoms. The number of hydrogen-bond donors (Lipinski definition) is 0. The Balaban J connectivity index is -0.0000000200. The van der Waals surface area contributed by atoms with Crippen molar-refractivity contribution in [1.29, 1.82) is 0 Å². The van der Waals surface area contributed by atoms with Crippen LogP contribution in [0.5, 0.6) is 0 Å². The molecule has 0 rings (SSSR count). The molecule has 0 nitrogen and oxygen atoms in total. The third-order valence-corrected chi connectivity index (χ3v) is 0. The topological polar surface area (TPSA) is 0 Å². The van der Waals surface area contributed by atoms with E-state index in [0.29, 0.717) is 0 Å². The van der Waals surface area contributed by atoms with Crippen molar-refractivity contribution in [2.45, 2.75) is 0 Å². The van der Waals surface area contributed by atoms with Gasteiger partial charge in [-0.25, -0.2) is 0 Å². The summed E-state index contributed by atoms with van der Waals surface area (Å²) in [5.74, 6) is 0. The van der Waals surface area contributed by atoms with Crippen molar-refractivity contribution in [2.24, 2.45) is 0 Å². The molecule has 0 bridgehead atoms. The Morgan fingerprint density at radius 3 is 1.20 bits per heavy atom. The predicted octanol–water partition coefficient (Wildman–Crippen LogP) is -4.85. The van der Waals surface area contributed by atoms with Crippen LogP contribution < -0.4 is 0 Å². The molecule has 0 aliphatic heterocycles. The van der Waals surface area contributed by atoms with E-state index >= 15 is 0 Å². The molecule has 0 N–H and O–H groups in total. The van der Waals surface area contributed by atoms with Crippen LogP contribution >= 0.6 is 0 Å². The van der Waals surface area contributed by atoms with E-state index in [1.807, 2.05) is 0 Å². The third-order valence-electron chi connectivity index (χ3n) is 0. The Kier molecular flexibility index (Phi) is 49.8. The van der Waals surface area contributed by atoms with Crippen LogP contribution in [0.15, 0.2) is 0 Å². The molecule has 0 aliphatic rings. The molecular weight excluding hydrogens is 261 g/mol. The summed E-state index contributed by atoms with van der Waals surface area (Å²) in [4.78, 5) is 0. The van der Waals surface area contributed by atoms with E-state index in [2.05, 4.69) is 0 Å². The van der Waals surface area contributed by atoms with Crippen LogP contribution in [0.4, 0.5) is 0 Å². The predicted molar refractivity (Wildman–Crippen MR) is 44.1 cm³/mol. The summed E-state index contributed by atoms with van der Waals surface area (Å²) in [6.45, 7) is 0. The fourth-order valence-corrected chi connectivity index (χ4v) is 0. The molecule has 0 saturated heterocycles. The molecule has 26 valence electrons. The van der Waals surface area contributed by atoms with Crippen LogP contribution in [0.25, 0.3) is 0 Å². The first-order valence-corrected chi connectivity index (χ1v) is 30.9. The molecule has 0 fully saturated rings. The fourth-order valence-electron chi connectivity index (χ4n) is 0. The van der Waals surface area contributed by atoms with Gasteiger partial charge in [-0.2, -0.15) is 0 Å². The molecule has 0 heterocycles. The minimum absolute atomic E-state index is 0. The summed E-state index contributed by atoms with van der Waals surface area (Å²) in [5.41, 5.74) is 0. The van der Waals surface area contributed by atoms with Crippen LogP contribution in [0, 0.1) is 0 Å². The van der Waals surface area contributed by atoms with Gasteiger partial charge in [0.15, 0.2) is 17.4 Å². The first-order chi connectivity index (χ1) is 1.41.